The molecule has 1 fully saturated rings. The number of rotatable bonds is 3. The van der Waals surface area contributed by atoms with Crippen LogP contribution in [-0.4, -0.2) is 41.3 Å². The molecule has 0 amide bonds. The van der Waals surface area contributed by atoms with Crippen molar-refractivity contribution in [2.75, 3.05) is 13.1 Å². The van der Waals surface area contributed by atoms with Crippen LogP contribution in [-0.2, 0) is 4.79 Å². The fourth-order valence-electron chi connectivity index (χ4n) is 2.08. The van der Waals surface area contributed by atoms with Gasteiger partial charge in [-0.05, 0) is 18.9 Å². The Balaban J connectivity index is 2.75. The quantitative estimate of drug-likeness (QED) is 0.824. The van der Waals surface area contributed by atoms with Crippen LogP contribution in [0, 0.1) is 23.2 Å². The van der Waals surface area contributed by atoms with E-state index in [1.165, 1.54) is 11.0 Å². The molecule has 3 unspecified atom stereocenters. The maximum absolute atomic E-state index is 12.4. The Morgan fingerprint density at radius 1 is 1.65 bits per heavy atom. The molecular formula is C10H13F3N2O2. The highest BCUT2D eigenvalue weighted by Gasteiger charge is 2.45. The van der Waals surface area contributed by atoms with Crippen LogP contribution in [0.3, 0.4) is 0 Å². The maximum Gasteiger partial charge on any atom is 0.405 e. The second-order valence-electron chi connectivity index (χ2n) is 4.27. The minimum absolute atomic E-state index is 0.194. The van der Waals surface area contributed by atoms with Crippen LogP contribution in [0.1, 0.15) is 13.3 Å². The summed E-state index contributed by atoms with van der Waals surface area (Å²) in [5.74, 6) is -3.46. The Bertz CT molecular complexity index is 337. The van der Waals surface area contributed by atoms with Crippen molar-refractivity contribution in [1.29, 1.82) is 5.26 Å². The van der Waals surface area contributed by atoms with Crippen LogP contribution in [0.25, 0.3) is 0 Å². The van der Waals surface area contributed by atoms with Gasteiger partial charge in [0, 0.05) is 6.54 Å². The van der Waals surface area contributed by atoms with Crippen molar-refractivity contribution in [1.82, 2.24) is 4.90 Å². The molecule has 3 atom stereocenters. The number of hydrogen-bond donors (Lipinski definition) is 1. The molecule has 7 heteroatoms. The monoisotopic (exact) mass is 250 g/mol. The van der Waals surface area contributed by atoms with Crippen LogP contribution >= 0.6 is 0 Å². The van der Waals surface area contributed by atoms with Gasteiger partial charge in [0.2, 0.25) is 0 Å². The van der Waals surface area contributed by atoms with Crippen LogP contribution in [0.15, 0.2) is 0 Å². The van der Waals surface area contributed by atoms with Gasteiger partial charge in [0.15, 0.2) is 5.92 Å². The zero-order chi connectivity index (χ0) is 13.2. The van der Waals surface area contributed by atoms with E-state index in [0.29, 0.717) is 6.42 Å². The summed E-state index contributed by atoms with van der Waals surface area (Å²) in [5.41, 5.74) is 0. The van der Waals surface area contributed by atoms with Gasteiger partial charge in [-0.2, -0.15) is 18.4 Å². The van der Waals surface area contributed by atoms with Crippen molar-refractivity contribution in [2.24, 2.45) is 11.8 Å². The Morgan fingerprint density at radius 2 is 2.24 bits per heavy atom. The highest BCUT2D eigenvalue weighted by Crippen LogP contribution is 2.30. The SMILES string of the molecule is CC1CCN(CC(C#N)C(F)(F)F)C1C(=O)O. The third-order valence-electron chi connectivity index (χ3n) is 3.03. The second kappa shape index (κ2) is 4.92. The Labute approximate surface area is 96.6 Å². The first-order valence-electron chi connectivity index (χ1n) is 5.20. The largest absolute Gasteiger partial charge is 0.480 e. The summed E-state index contributed by atoms with van der Waals surface area (Å²) >= 11 is 0. The summed E-state index contributed by atoms with van der Waals surface area (Å²) < 4.78 is 37.2. The van der Waals surface area contributed by atoms with Crippen molar-refractivity contribution < 1.29 is 23.1 Å². The number of halogens is 3. The van der Waals surface area contributed by atoms with E-state index in [1.807, 2.05) is 0 Å². The van der Waals surface area contributed by atoms with Gasteiger partial charge in [-0.1, -0.05) is 6.92 Å². The average Bonchev–Trinajstić information content (AvgIpc) is 2.54. The summed E-state index contributed by atoms with van der Waals surface area (Å²) in [7, 11) is 0. The first-order valence-corrected chi connectivity index (χ1v) is 5.20. The van der Waals surface area contributed by atoms with Crippen molar-refractivity contribution in [2.45, 2.75) is 25.6 Å². The Hall–Kier alpha value is -1.29. The van der Waals surface area contributed by atoms with Crippen molar-refractivity contribution in [3.05, 3.63) is 0 Å². The van der Waals surface area contributed by atoms with E-state index in [2.05, 4.69) is 0 Å². The van der Waals surface area contributed by atoms with E-state index in [1.54, 1.807) is 6.92 Å². The molecule has 1 saturated heterocycles. The molecule has 1 rings (SSSR count). The molecule has 0 radical (unpaired) electrons. The molecule has 96 valence electrons. The van der Waals surface area contributed by atoms with E-state index >= 15 is 0 Å². The summed E-state index contributed by atoms with van der Waals surface area (Å²) in [5, 5.41) is 17.4. The standard InChI is InChI=1S/C10H13F3N2O2/c1-6-2-3-15(8(6)9(16)17)5-7(4-14)10(11,12)13/h6-8H,2-3,5H2,1H3,(H,16,17). The van der Waals surface area contributed by atoms with Gasteiger partial charge in [-0.15, -0.1) is 0 Å². The molecule has 1 heterocycles. The molecule has 0 aromatic heterocycles. The predicted molar refractivity (Wildman–Crippen MR) is 51.9 cm³/mol. The summed E-state index contributed by atoms with van der Waals surface area (Å²) in [6.07, 6.45) is -4.07. The highest BCUT2D eigenvalue weighted by molar-refractivity contribution is 5.74. The Kier molecular flexibility index (Phi) is 3.98. The summed E-state index contributed by atoms with van der Waals surface area (Å²) in [6.45, 7) is 1.40. The van der Waals surface area contributed by atoms with E-state index in [0.717, 1.165) is 0 Å². The molecule has 17 heavy (non-hydrogen) atoms. The zero-order valence-corrected chi connectivity index (χ0v) is 9.24. The number of nitrogens with zero attached hydrogens (tertiary/aromatic N) is 2. The average molecular weight is 250 g/mol. The van der Waals surface area contributed by atoms with Crippen LogP contribution in [0.2, 0.25) is 0 Å². The number of carbonyl (C=O) groups is 1. The van der Waals surface area contributed by atoms with Crippen LogP contribution < -0.4 is 0 Å². The third kappa shape index (κ3) is 3.09. The van der Waals surface area contributed by atoms with E-state index in [4.69, 9.17) is 10.4 Å². The fraction of sp³-hybridized carbons (Fsp3) is 0.800. The zero-order valence-electron chi connectivity index (χ0n) is 9.24. The van der Waals surface area contributed by atoms with Gasteiger partial charge in [0.05, 0.1) is 6.07 Å². The van der Waals surface area contributed by atoms with E-state index in [-0.39, 0.29) is 12.5 Å². The number of likely N-dealkylation sites (tertiary alicyclic amines) is 1. The fourth-order valence-corrected chi connectivity index (χ4v) is 2.08. The molecule has 4 nitrogen and oxygen atoms in total. The molecule has 0 saturated carbocycles. The lowest BCUT2D eigenvalue weighted by Crippen LogP contribution is -2.44. The van der Waals surface area contributed by atoms with Gasteiger partial charge < -0.3 is 5.11 Å². The van der Waals surface area contributed by atoms with Crippen molar-refractivity contribution >= 4 is 5.97 Å². The number of carboxylic acids is 1. The minimum atomic E-state index is -4.61. The van der Waals surface area contributed by atoms with Crippen molar-refractivity contribution in [3.8, 4) is 6.07 Å². The van der Waals surface area contributed by atoms with Gasteiger partial charge in [-0.25, -0.2) is 0 Å². The van der Waals surface area contributed by atoms with Crippen molar-refractivity contribution in [3.63, 3.8) is 0 Å². The minimum Gasteiger partial charge on any atom is -0.480 e. The van der Waals surface area contributed by atoms with Crippen LogP contribution in [0.4, 0.5) is 13.2 Å². The predicted octanol–water partition coefficient (Wildman–Crippen LogP) is 1.48. The molecule has 1 N–H and O–H groups in total. The molecule has 0 spiro atoms. The number of nitriles is 1. The second-order valence-corrected chi connectivity index (χ2v) is 4.27. The molecule has 0 aromatic rings. The van der Waals surface area contributed by atoms with Gasteiger partial charge in [-0.3, -0.25) is 9.69 Å². The summed E-state index contributed by atoms with van der Waals surface area (Å²) in [4.78, 5) is 12.2. The maximum atomic E-state index is 12.4. The molecule has 0 aromatic carbocycles. The first-order chi connectivity index (χ1) is 7.77. The van der Waals surface area contributed by atoms with E-state index < -0.39 is 30.7 Å². The van der Waals surface area contributed by atoms with Gasteiger partial charge in [0.25, 0.3) is 0 Å². The summed E-state index contributed by atoms with van der Waals surface area (Å²) in [6, 6.07) is 0.261. The number of aliphatic carboxylic acids is 1. The number of carboxylic acid groups (broad SMARTS) is 1. The topological polar surface area (TPSA) is 64.3 Å². The normalized spacial score (nSPS) is 27.7. The van der Waals surface area contributed by atoms with Gasteiger partial charge >= 0.3 is 12.1 Å². The molecular weight excluding hydrogens is 237 g/mol. The third-order valence-corrected chi connectivity index (χ3v) is 3.03. The highest BCUT2D eigenvalue weighted by atomic mass is 19.4. The molecule has 1 aliphatic rings. The molecule has 0 aliphatic carbocycles. The smallest absolute Gasteiger partial charge is 0.405 e. The lowest BCUT2D eigenvalue weighted by Gasteiger charge is -2.25. The number of alkyl halides is 3. The van der Waals surface area contributed by atoms with Crippen LogP contribution in [0.5, 0.6) is 0 Å². The molecule has 0 bridgehead atoms. The first kappa shape index (κ1) is 13.8. The van der Waals surface area contributed by atoms with Gasteiger partial charge in [0.1, 0.15) is 6.04 Å². The lowest BCUT2D eigenvalue weighted by molar-refractivity contribution is -0.166. The Morgan fingerprint density at radius 3 is 2.65 bits per heavy atom. The van der Waals surface area contributed by atoms with E-state index in [9.17, 15) is 18.0 Å². The lowest BCUT2D eigenvalue weighted by atomic mass is 10.0. The number of hydrogen-bond acceptors (Lipinski definition) is 3. The molecule has 1 aliphatic heterocycles.